The average molecular weight is 344 g/mol. The number of hydrogen-bond donors (Lipinski definition) is 1. The van der Waals surface area contributed by atoms with E-state index in [9.17, 15) is 9.59 Å². The summed E-state index contributed by atoms with van der Waals surface area (Å²) in [6.07, 6.45) is 2.73. The molecule has 132 valence electrons. The molecule has 0 bridgehead atoms. The molecule has 1 aliphatic rings. The van der Waals surface area contributed by atoms with E-state index < -0.39 is 0 Å². The van der Waals surface area contributed by atoms with Gasteiger partial charge in [0, 0.05) is 19.2 Å². The van der Waals surface area contributed by atoms with Gasteiger partial charge in [0.25, 0.3) is 5.91 Å². The number of carbonyl (C=O) groups is 2. The minimum atomic E-state index is -0.366. The summed E-state index contributed by atoms with van der Waals surface area (Å²) in [6.45, 7) is 2.81. The van der Waals surface area contributed by atoms with Crippen molar-refractivity contribution in [3.63, 3.8) is 0 Å². The van der Waals surface area contributed by atoms with Gasteiger partial charge in [-0.15, -0.1) is 10.2 Å². The van der Waals surface area contributed by atoms with Crippen LogP contribution in [0.5, 0.6) is 5.88 Å². The molecule has 0 saturated carbocycles. The van der Waals surface area contributed by atoms with Crippen molar-refractivity contribution in [2.45, 2.75) is 19.8 Å². The number of carbonyl (C=O) groups excluding carboxylic acids is 2. The largest absolute Gasteiger partial charge is 0.480 e. The summed E-state index contributed by atoms with van der Waals surface area (Å²) in [6, 6.07) is 3.41. The lowest BCUT2D eigenvalue weighted by Crippen LogP contribution is -2.32. The maximum Gasteiger partial charge on any atom is 0.257 e. The number of likely N-dealkylation sites (tertiary alicyclic amines) is 1. The van der Waals surface area contributed by atoms with Crippen LogP contribution in [0, 0.1) is 5.92 Å². The molecule has 0 aromatic carbocycles. The summed E-state index contributed by atoms with van der Waals surface area (Å²) in [4.78, 5) is 25.8. The summed E-state index contributed by atoms with van der Waals surface area (Å²) in [5, 5.41) is 12.3. The van der Waals surface area contributed by atoms with E-state index >= 15 is 0 Å². The van der Waals surface area contributed by atoms with Crippen LogP contribution in [0.1, 0.15) is 29.4 Å². The summed E-state index contributed by atoms with van der Waals surface area (Å²) in [7, 11) is 1.52. The van der Waals surface area contributed by atoms with Crippen LogP contribution in [0.2, 0.25) is 0 Å². The van der Waals surface area contributed by atoms with Crippen LogP contribution < -0.4 is 10.5 Å². The highest BCUT2D eigenvalue weighted by Crippen LogP contribution is 2.22. The second kappa shape index (κ2) is 6.88. The molecule has 9 heteroatoms. The molecule has 3 rings (SSSR count). The van der Waals surface area contributed by atoms with Gasteiger partial charge >= 0.3 is 0 Å². The fourth-order valence-electron chi connectivity index (χ4n) is 2.97. The Morgan fingerprint density at radius 2 is 2.16 bits per heavy atom. The maximum absolute atomic E-state index is 12.8. The zero-order chi connectivity index (χ0) is 18.0. The van der Waals surface area contributed by atoms with Crippen molar-refractivity contribution in [1.82, 2.24) is 24.9 Å². The van der Waals surface area contributed by atoms with E-state index in [-0.39, 0.29) is 17.7 Å². The lowest BCUT2D eigenvalue weighted by molar-refractivity contribution is -0.121. The molecule has 2 N–H and O–H groups in total. The number of aromatic nitrogens is 4. The molecule has 2 aromatic rings. The van der Waals surface area contributed by atoms with Crippen LogP contribution in [-0.2, 0) is 11.2 Å². The van der Waals surface area contributed by atoms with Crippen molar-refractivity contribution >= 4 is 11.8 Å². The van der Waals surface area contributed by atoms with Gasteiger partial charge in [-0.1, -0.05) is 6.92 Å². The molecule has 3 heterocycles. The van der Waals surface area contributed by atoms with Crippen LogP contribution in [0.15, 0.2) is 18.3 Å². The molecule has 0 unspecified atom stereocenters. The van der Waals surface area contributed by atoms with Crippen molar-refractivity contribution in [3.8, 4) is 11.7 Å². The lowest BCUT2D eigenvalue weighted by atomic mass is 10.1. The summed E-state index contributed by atoms with van der Waals surface area (Å²) in [5.41, 5.74) is 6.59. The first-order chi connectivity index (χ1) is 12.0. The Hall–Kier alpha value is -2.97. The molecular formula is C16H20N6O3. The van der Waals surface area contributed by atoms with Crippen molar-refractivity contribution in [3.05, 3.63) is 29.6 Å². The molecule has 1 fully saturated rings. The number of rotatable bonds is 5. The molecular weight excluding hydrogens is 324 g/mol. The third kappa shape index (κ3) is 3.17. The van der Waals surface area contributed by atoms with Gasteiger partial charge in [-0.2, -0.15) is 5.10 Å². The monoisotopic (exact) mass is 344 g/mol. The number of nitrogens with zero attached hydrogens (tertiary/aromatic N) is 5. The standard InChI is InChI=1S/C16H20N6O3/c1-3-12-11(16(24)21-7-6-10(9-21)15(17)23)8-18-22(12)13-4-5-14(25-2)20-19-13/h4-5,8,10H,3,6-7,9H2,1-2H3,(H2,17,23)/t10-/m0/s1. The van der Waals surface area contributed by atoms with Crippen LogP contribution in [0.25, 0.3) is 5.82 Å². The highest BCUT2D eigenvalue weighted by atomic mass is 16.5. The van der Waals surface area contributed by atoms with Gasteiger partial charge in [-0.3, -0.25) is 9.59 Å². The first-order valence-corrected chi connectivity index (χ1v) is 8.08. The Kier molecular flexibility index (Phi) is 4.64. The van der Waals surface area contributed by atoms with Gasteiger partial charge in [-0.25, -0.2) is 4.68 Å². The van der Waals surface area contributed by atoms with Gasteiger partial charge in [0.05, 0.1) is 30.5 Å². The Labute approximate surface area is 144 Å². The van der Waals surface area contributed by atoms with E-state index in [4.69, 9.17) is 10.5 Å². The van der Waals surface area contributed by atoms with Crippen molar-refractivity contribution < 1.29 is 14.3 Å². The zero-order valence-corrected chi connectivity index (χ0v) is 14.2. The molecule has 1 saturated heterocycles. The third-order valence-electron chi connectivity index (χ3n) is 4.36. The second-order valence-corrected chi connectivity index (χ2v) is 5.84. The Morgan fingerprint density at radius 1 is 1.36 bits per heavy atom. The van der Waals surface area contributed by atoms with Gasteiger partial charge in [0.1, 0.15) is 0 Å². The van der Waals surface area contributed by atoms with Gasteiger partial charge in [0.2, 0.25) is 11.8 Å². The maximum atomic E-state index is 12.8. The number of hydrogen-bond acceptors (Lipinski definition) is 6. The predicted octanol–water partition coefficient (Wildman–Crippen LogP) is 0.181. The van der Waals surface area contributed by atoms with Gasteiger partial charge < -0.3 is 15.4 Å². The first-order valence-electron chi connectivity index (χ1n) is 8.08. The van der Waals surface area contributed by atoms with Crippen molar-refractivity contribution in [2.24, 2.45) is 11.7 Å². The Morgan fingerprint density at radius 3 is 2.72 bits per heavy atom. The molecule has 2 amide bonds. The Balaban J connectivity index is 1.86. The lowest BCUT2D eigenvalue weighted by Gasteiger charge is -2.16. The quantitative estimate of drug-likeness (QED) is 0.827. The highest BCUT2D eigenvalue weighted by molar-refractivity contribution is 5.96. The van der Waals surface area contributed by atoms with E-state index in [1.165, 1.54) is 13.3 Å². The molecule has 9 nitrogen and oxygen atoms in total. The molecule has 1 atom stereocenters. The smallest absolute Gasteiger partial charge is 0.257 e. The molecule has 0 spiro atoms. The van der Waals surface area contributed by atoms with E-state index in [1.54, 1.807) is 21.7 Å². The number of nitrogens with two attached hydrogens (primary N) is 1. The normalized spacial score (nSPS) is 16.9. The summed E-state index contributed by atoms with van der Waals surface area (Å²) in [5.74, 6) is 0.119. The highest BCUT2D eigenvalue weighted by Gasteiger charge is 2.32. The fraction of sp³-hybridized carbons (Fsp3) is 0.438. The summed E-state index contributed by atoms with van der Waals surface area (Å²) >= 11 is 0. The van der Waals surface area contributed by atoms with E-state index in [0.717, 1.165) is 5.69 Å². The number of ether oxygens (including phenoxy) is 1. The van der Waals surface area contributed by atoms with E-state index in [0.29, 0.717) is 43.2 Å². The average Bonchev–Trinajstić information content (AvgIpc) is 3.28. The molecule has 0 radical (unpaired) electrons. The van der Waals surface area contributed by atoms with Gasteiger partial charge in [0.15, 0.2) is 5.82 Å². The van der Waals surface area contributed by atoms with Crippen molar-refractivity contribution in [2.75, 3.05) is 20.2 Å². The number of methoxy groups -OCH3 is 1. The van der Waals surface area contributed by atoms with E-state index in [2.05, 4.69) is 15.3 Å². The molecule has 0 aliphatic carbocycles. The molecule has 25 heavy (non-hydrogen) atoms. The van der Waals surface area contributed by atoms with Crippen LogP contribution >= 0.6 is 0 Å². The molecule has 2 aromatic heterocycles. The minimum absolute atomic E-state index is 0.145. The van der Waals surface area contributed by atoms with E-state index in [1.807, 2.05) is 6.92 Å². The SMILES string of the molecule is CCc1c(C(=O)N2CC[C@H](C(N)=O)C2)cnn1-c1ccc(OC)nn1. The minimum Gasteiger partial charge on any atom is -0.480 e. The topological polar surface area (TPSA) is 116 Å². The number of primary amides is 1. The van der Waals surface area contributed by atoms with Crippen molar-refractivity contribution in [1.29, 1.82) is 0 Å². The Bertz CT molecular complexity index is 786. The number of amides is 2. The van der Waals surface area contributed by atoms with Crippen LogP contribution in [-0.4, -0.2) is 56.9 Å². The summed E-state index contributed by atoms with van der Waals surface area (Å²) < 4.78 is 6.60. The zero-order valence-electron chi connectivity index (χ0n) is 14.2. The van der Waals surface area contributed by atoms with Crippen LogP contribution in [0.4, 0.5) is 0 Å². The van der Waals surface area contributed by atoms with Crippen LogP contribution in [0.3, 0.4) is 0 Å². The predicted molar refractivity (Wildman–Crippen MR) is 88.3 cm³/mol. The first kappa shape index (κ1) is 16.9. The third-order valence-corrected chi connectivity index (χ3v) is 4.36. The second-order valence-electron chi connectivity index (χ2n) is 5.84. The molecule has 1 aliphatic heterocycles. The fourth-order valence-corrected chi connectivity index (χ4v) is 2.97. The van der Waals surface area contributed by atoms with Gasteiger partial charge in [-0.05, 0) is 18.9 Å².